The first-order chi connectivity index (χ1) is 12.6. The third-order valence-corrected chi connectivity index (χ3v) is 3.33. The smallest absolute Gasteiger partial charge is 0.336 e. The summed E-state index contributed by atoms with van der Waals surface area (Å²) < 4.78 is 0. The van der Waals surface area contributed by atoms with Gasteiger partial charge < -0.3 is 15.3 Å². The number of hydrogen-bond acceptors (Lipinski definition) is 6. The Labute approximate surface area is 151 Å². The van der Waals surface area contributed by atoms with Crippen LogP contribution in [-0.4, -0.2) is 44.1 Å². The van der Waals surface area contributed by atoms with Gasteiger partial charge in [-0.15, -0.1) is 0 Å². The number of allylic oxidation sites excluding steroid dienone is 2. The van der Waals surface area contributed by atoms with Gasteiger partial charge in [0.1, 0.15) is 11.9 Å². The van der Waals surface area contributed by atoms with Crippen LogP contribution in [0.1, 0.15) is 17.3 Å². The van der Waals surface area contributed by atoms with Crippen molar-refractivity contribution in [2.45, 2.75) is 6.92 Å². The molecule has 2 rings (SSSR count). The van der Waals surface area contributed by atoms with E-state index in [1.165, 1.54) is 30.2 Å². The molecule has 0 heterocycles. The monoisotopic (exact) mass is 375 g/mol. The lowest BCUT2D eigenvalue weighted by Gasteiger charge is -2.15. The number of hydrogen-bond donors (Lipinski definition) is 3. The highest BCUT2D eigenvalue weighted by Crippen LogP contribution is 2.27. The van der Waals surface area contributed by atoms with E-state index in [1.807, 2.05) is 0 Å². The molecule has 0 bridgehead atoms. The van der Waals surface area contributed by atoms with Gasteiger partial charge in [0.2, 0.25) is 0 Å². The Morgan fingerprint density at radius 1 is 1.07 bits per heavy atom. The Morgan fingerprint density at radius 2 is 1.63 bits per heavy atom. The van der Waals surface area contributed by atoms with Gasteiger partial charge >= 0.3 is 17.9 Å². The summed E-state index contributed by atoms with van der Waals surface area (Å²) in [5, 5.41) is 36.1. The lowest BCUT2D eigenvalue weighted by molar-refractivity contribution is -0.384. The van der Waals surface area contributed by atoms with Crippen molar-refractivity contribution >= 4 is 29.5 Å². The fourth-order valence-electron chi connectivity index (χ4n) is 2.08. The van der Waals surface area contributed by atoms with Crippen LogP contribution >= 0.6 is 0 Å². The number of carboxylic acid groups (broad SMARTS) is 3. The Kier molecular flexibility index (Phi) is 6.91. The molecular weight excluding hydrogens is 362 g/mol. The van der Waals surface area contributed by atoms with Crippen LogP contribution in [0.3, 0.4) is 0 Å². The summed E-state index contributed by atoms with van der Waals surface area (Å²) in [6.45, 7) is 1.57. The number of rotatable bonds is 4. The van der Waals surface area contributed by atoms with Crippen molar-refractivity contribution in [3.05, 3.63) is 68.8 Å². The molecule has 140 valence electrons. The van der Waals surface area contributed by atoms with Crippen molar-refractivity contribution in [2.75, 3.05) is 0 Å². The number of aromatic carboxylic acids is 1. The predicted molar refractivity (Wildman–Crippen MR) is 89.9 cm³/mol. The van der Waals surface area contributed by atoms with Gasteiger partial charge in [-0.2, -0.15) is 0 Å². The second-order valence-electron chi connectivity index (χ2n) is 5.21. The SMILES string of the molecule is CC1=CC(C(=O)O)C(=C=O)C(C(=O)O)=C1.O=C(O)c1ccc([N+](=O)[O-])cc1. The van der Waals surface area contributed by atoms with Gasteiger partial charge in [0.15, 0.2) is 0 Å². The fraction of sp³-hybridized carbons (Fsp3) is 0.118. The molecule has 0 spiro atoms. The zero-order valence-corrected chi connectivity index (χ0v) is 13.8. The quantitative estimate of drug-likeness (QED) is 0.402. The number of nitrogens with zero attached hydrogens (tertiary/aromatic N) is 1. The zero-order chi connectivity index (χ0) is 20.7. The maximum Gasteiger partial charge on any atom is 0.336 e. The summed E-state index contributed by atoms with van der Waals surface area (Å²) in [5.41, 5.74) is -0.225. The normalized spacial score (nSPS) is 15.3. The van der Waals surface area contributed by atoms with Crippen LogP contribution in [0.25, 0.3) is 0 Å². The van der Waals surface area contributed by atoms with E-state index in [2.05, 4.69) is 0 Å². The topological polar surface area (TPSA) is 172 Å². The molecule has 0 saturated heterocycles. The third kappa shape index (κ3) is 5.48. The summed E-state index contributed by atoms with van der Waals surface area (Å²) in [6.07, 6.45) is 2.57. The van der Waals surface area contributed by atoms with Crippen LogP contribution in [0.4, 0.5) is 5.69 Å². The van der Waals surface area contributed by atoms with Crippen molar-refractivity contribution in [1.82, 2.24) is 0 Å². The van der Waals surface area contributed by atoms with E-state index in [-0.39, 0.29) is 22.4 Å². The number of nitro groups is 1. The van der Waals surface area contributed by atoms with Crippen molar-refractivity contribution in [1.29, 1.82) is 0 Å². The molecule has 1 aromatic rings. The number of nitro benzene ring substituents is 1. The Morgan fingerprint density at radius 3 is 2.00 bits per heavy atom. The zero-order valence-electron chi connectivity index (χ0n) is 13.8. The van der Waals surface area contributed by atoms with Gasteiger partial charge in [-0.1, -0.05) is 11.6 Å². The number of non-ortho nitro benzene ring substituents is 1. The van der Waals surface area contributed by atoms with Gasteiger partial charge in [-0.3, -0.25) is 14.9 Å². The molecule has 0 radical (unpaired) electrons. The average Bonchev–Trinajstić information content (AvgIpc) is 2.61. The minimum absolute atomic E-state index is 0.0422. The van der Waals surface area contributed by atoms with Crippen LogP contribution in [0.5, 0.6) is 0 Å². The van der Waals surface area contributed by atoms with Crippen molar-refractivity contribution in [3.8, 4) is 0 Å². The third-order valence-electron chi connectivity index (χ3n) is 3.33. The Balaban J connectivity index is 0.000000277. The van der Waals surface area contributed by atoms with Gasteiger partial charge in [0, 0.05) is 12.1 Å². The second kappa shape index (κ2) is 8.88. The maximum atomic E-state index is 10.8. The van der Waals surface area contributed by atoms with Gasteiger partial charge in [-0.05, 0) is 25.1 Å². The van der Waals surface area contributed by atoms with Crippen LogP contribution in [-0.2, 0) is 14.4 Å². The van der Waals surface area contributed by atoms with E-state index in [9.17, 15) is 29.3 Å². The minimum Gasteiger partial charge on any atom is -0.481 e. The first-order valence-electron chi connectivity index (χ1n) is 7.17. The summed E-state index contributed by atoms with van der Waals surface area (Å²) in [4.78, 5) is 51.9. The highest BCUT2D eigenvalue weighted by molar-refractivity contribution is 6.00. The average molecular weight is 375 g/mol. The molecule has 27 heavy (non-hydrogen) atoms. The molecular formula is C17H13NO9. The second-order valence-corrected chi connectivity index (χ2v) is 5.21. The van der Waals surface area contributed by atoms with Crippen LogP contribution in [0.2, 0.25) is 0 Å². The number of carbonyl (C=O) groups is 3. The van der Waals surface area contributed by atoms with Crippen LogP contribution < -0.4 is 0 Å². The van der Waals surface area contributed by atoms with E-state index < -0.39 is 28.7 Å². The highest BCUT2D eigenvalue weighted by atomic mass is 16.6. The van der Waals surface area contributed by atoms with Crippen LogP contribution in [0, 0.1) is 16.0 Å². The molecule has 0 fully saturated rings. The van der Waals surface area contributed by atoms with Gasteiger partial charge in [-0.25, -0.2) is 14.4 Å². The summed E-state index contributed by atoms with van der Waals surface area (Å²) in [6, 6.07) is 4.70. The molecule has 1 atom stereocenters. The summed E-state index contributed by atoms with van der Waals surface area (Å²) in [5.74, 6) is -3.53. The highest BCUT2D eigenvalue weighted by Gasteiger charge is 2.30. The molecule has 0 amide bonds. The molecule has 1 aliphatic rings. The van der Waals surface area contributed by atoms with E-state index in [1.54, 1.807) is 6.92 Å². The van der Waals surface area contributed by atoms with Gasteiger partial charge in [0.05, 0.1) is 21.6 Å². The molecule has 0 saturated carbocycles. The molecule has 10 nitrogen and oxygen atoms in total. The minimum atomic E-state index is -1.33. The van der Waals surface area contributed by atoms with E-state index in [4.69, 9.17) is 15.3 Å². The molecule has 1 aromatic carbocycles. The predicted octanol–water partition coefficient (Wildman–Crippen LogP) is 1.71. The van der Waals surface area contributed by atoms with E-state index in [0.717, 1.165) is 12.1 Å². The van der Waals surface area contributed by atoms with Gasteiger partial charge in [0.25, 0.3) is 5.69 Å². The fourth-order valence-corrected chi connectivity index (χ4v) is 2.08. The van der Waals surface area contributed by atoms with Crippen molar-refractivity contribution in [3.63, 3.8) is 0 Å². The van der Waals surface area contributed by atoms with E-state index >= 15 is 0 Å². The molecule has 3 N–H and O–H groups in total. The van der Waals surface area contributed by atoms with Crippen molar-refractivity contribution in [2.24, 2.45) is 5.92 Å². The van der Waals surface area contributed by atoms with Crippen molar-refractivity contribution < 1.29 is 39.4 Å². The lowest BCUT2D eigenvalue weighted by Crippen LogP contribution is -2.21. The number of aliphatic carboxylic acids is 2. The molecule has 0 aliphatic heterocycles. The number of benzene rings is 1. The first kappa shape index (κ1) is 21.0. The standard InChI is InChI=1S/C10H8O5.C7H5NO4/c1-5-2-6(9(12)13)8(4-11)7(3-5)10(14)15;9-7(10)5-1-3-6(4-2-5)8(11)12/h2-3,6H,1H3,(H,12,13)(H,14,15);1-4H,(H,9,10). The largest absolute Gasteiger partial charge is 0.481 e. The summed E-state index contributed by atoms with van der Waals surface area (Å²) in [7, 11) is 0. The summed E-state index contributed by atoms with van der Waals surface area (Å²) >= 11 is 0. The number of carboxylic acids is 3. The maximum absolute atomic E-state index is 10.8. The molecule has 10 heteroatoms. The lowest BCUT2D eigenvalue weighted by atomic mass is 9.86. The molecule has 1 aliphatic carbocycles. The van der Waals surface area contributed by atoms with E-state index in [0.29, 0.717) is 5.57 Å². The number of carbonyl (C=O) groups excluding carboxylic acids is 1. The van der Waals surface area contributed by atoms with Crippen LogP contribution in [0.15, 0.2) is 53.1 Å². The molecule has 0 aromatic heterocycles. The first-order valence-corrected chi connectivity index (χ1v) is 7.17. The Bertz CT molecular complexity index is 870. The molecule has 1 unspecified atom stereocenters. The Hall–Kier alpha value is -4.04.